The molecule has 0 amide bonds. The van der Waals surface area contributed by atoms with Crippen molar-refractivity contribution in [2.75, 3.05) is 6.54 Å². The van der Waals surface area contributed by atoms with E-state index in [1.54, 1.807) is 12.1 Å². The Balaban J connectivity index is 2.62. The van der Waals surface area contributed by atoms with E-state index in [2.05, 4.69) is 10.3 Å². The molecule has 0 aromatic carbocycles. The lowest BCUT2D eigenvalue weighted by molar-refractivity contribution is 0.158. The summed E-state index contributed by atoms with van der Waals surface area (Å²) in [6.45, 7) is 6.48. The van der Waals surface area contributed by atoms with E-state index in [9.17, 15) is 9.90 Å². The summed E-state index contributed by atoms with van der Waals surface area (Å²) in [5, 5.41) is 12.9. The van der Waals surface area contributed by atoms with Crippen LogP contribution in [0.2, 0.25) is 0 Å². The van der Waals surface area contributed by atoms with E-state index >= 15 is 0 Å². The van der Waals surface area contributed by atoms with Crippen molar-refractivity contribution in [3.8, 4) is 0 Å². The Bertz CT molecular complexity index is 365. The van der Waals surface area contributed by atoms with Crippen LogP contribution >= 0.6 is 0 Å². The first-order valence-electron chi connectivity index (χ1n) is 5.01. The number of nitrogens with one attached hydrogen (secondary N) is 2. The molecule has 0 fully saturated rings. The molecule has 0 saturated heterocycles. The van der Waals surface area contributed by atoms with Crippen molar-refractivity contribution < 1.29 is 5.11 Å². The van der Waals surface area contributed by atoms with E-state index < -0.39 is 6.10 Å². The smallest absolute Gasteiger partial charge is 0.248 e. The summed E-state index contributed by atoms with van der Waals surface area (Å²) in [5.41, 5.74) is 0.303. The molecule has 0 aliphatic heterocycles. The number of hydrogen-bond donors (Lipinski definition) is 3. The molecule has 0 unspecified atom stereocenters. The van der Waals surface area contributed by atoms with Crippen LogP contribution in [0.3, 0.4) is 0 Å². The molecule has 0 radical (unpaired) electrons. The van der Waals surface area contributed by atoms with Crippen LogP contribution in [0.4, 0.5) is 0 Å². The van der Waals surface area contributed by atoms with Gasteiger partial charge in [0, 0.05) is 23.8 Å². The Hall–Kier alpha value is -1.13. The molecule has 84 valence electrons. The minimum absolute atomic E-state index is 0.0456. The second-order valence-corrected chi connectivity index (χ2v) is 4.62. The first kappa shape index (κ1) is 11.9. The molecule has 4 heteroatoms. The zero-order valence-electron chi connectivity index (χ0n) is 9.37. The molecule has 0 bridgehead atoms. The number of aromatic amines is 1. The third kappa shape index (κ3) is 4.27. The van der Waals surface area contributed by atoms with Gasteiger partial charge in [0.15, 0.2) is 0 Å². The fourth-order valence-electron chi connectivity index (χ4n) is 1.17. The summed E-state index contributed by atoms with van der Waals surface area (Å²) in [6, 6.07) is 4.76. The number of β-amino-alcohol motifs (C(OH)–C–C–N with tert-alkyl or cyclic N) is 1. The highest BCUT2D eigenvalue weighted by Crippen LogP contribution is 2.08. The van der Waals surface area contributed by atoms with Gasteiger partial charge in [-0.1, -0.05) is 6.07 Å². The average Bonchev–Trinajstić information content (AvgIpc) is 2.13. The molecule has 4 nitrogen and oxygen atoms in total. The summed E-state index contributed by atoms with van der Waals surface area (Å²) in [5.74, 6) is 0. The normalized spacial score (nSPS) is 13.9. The summed E-state index contributed by atoms with van der Waals surface area (Å²) in [6.07, 6.45) is -0.682. The Morgan fingerprint density at radius 1 is 1.47 bits per heavy atom. The minimum atomic E-state index is -0.682. The molecule has 1 atom stereocenters. The van der Waals surface area contributed by atoms with Crippen LogP contribution in [0.5, 0.6) is 0 Å². The van der Waals surface area contributed by atoms with Crippen molar-refractivity contribution in [3.63, 3.8) is 0 Å². The van der Waals surface area contributed by atoms with Gasteiger partial charge in [-0.3, -0.25) is 4.79 Å². The molecule has 15 heavy (non-hydrogen) atoms. The number of aromatic nitrogens is 1. The summed E-state index contributed by atoms with van der Waals surface area (Å²) < 4.78 is 0. The Kier molecular flexibility index (Phi) is 3.66. The van der Waals surface area contributed by atoms with Gasteiger partial charge in [-0.25, -0.2) is 0 Å². The number of rotatable bonds is 3. The van der Waals surface area contributed by atoms with Crippen molar-refractivity contribution in [2.24, 2.45) is 0 Å². The average molecular weight is 210 g/mol. The first-order chi connectivity index (χ1) is 6.88. The van der Waals surface area contributed by atoms with Crippen LogP contribution in [0.1, 0.15) is 32.6 Å². The fraction of sp³-hybridized carbons (Fsp3) is 0.545. The van der Waals surface area contributed by atoms with Gasteiger partial charge in [0.05, 0.1) is 0 Å². The van der Waals surface area contributed by atoms with E-state index in [0.29, 0.717) is 12.2 Å². The third-order valence-corrected chi connectivity index (χ3v) is 1.98. The van der Waals surface area contributed by atoms with Crippen LogP contribution in [0.25, 0.3) is 0 Å². The molecule has 1 aromatic rings. The summed E-state index contributed by atoms with van der Waals surface area (Å²) in [4.78, 5) is 13.6. The molecule has 0 spiro atoms. The summed E-state index contributed by atoms with van der Waals surface area (Å²) >= 11 is 0. The molecular formula is C11H18N2O2. The second kappa shape index (κ2) is 4.59. The lowest BCUT2D eigenvalue weighted by Gasteiger charge is -2.22. The van der Waals surface area contributed by atoms with Gasteiger partial charge in [0.25, 0.3) is 0 Å². The Morgan fingerprint density at radius 3 is 2.67 bits per heavy atom. The van der Waals surface area contributed by atoms with E-state index in [-0.39, 0.29) is 11.1 Å². The van der Waals surface area contributed by atoms with Crippen LogP contribution in [0.15, 0.2) is 23.0 Å². The van der Waals surface area contributed by atoms with Crippen molar-refractivity contribution in [1.82, 2.24) is 10.3 Å². The van der Waals surface area contributed by atoms with Crippen LogP contribution in [-0.2, 0) is 0 Å². The lowest BCUT2D eigenvalue weighted by Crippen LogP contribution is -2.38. The van der Waals surface area contributed by atoms with Gasteiger partial charge in [-0.2, -0.15) is 0 Å². The van der Waals surface area contributed by atoms with Gasteiger partial charge in [-0.15, -0.1) is 0 Å². The van der Waals surface area contributed by atoms with Crippen molar-refractivity contribution in [2.45, 2.75) is 32.4 Å². The number of pyridine rings is 1. The molecule has 1 heterocycles. The highest BCUT2D eigenvalue weighted by atomic mass is 16.3. The highest BCUT2D eigenvalue weighted by molar-refractivity contribution is 5.07. The second-order valence-electron chi connectivity index (χ2n) is 4.62. The van der Waals surface area contributed by atoms with Crippen molar-refractivity contribution in [1.29, 1.82) is 0 Å². The lowest BCUT2D eigenvalue weighted by atomic mass is 10.1. The van der Waals surface area contributed by atoms with E-state index in [0.717, 1.165) is 0 Å². The summed E-state index contributed by atoms with van der Waals surface area (Å²) in [7, 11) is 0. The van der Waals surface area contributed by atoms with E-state index in [1.165, 1.54) is 6.07 Å². The zero-order valence-corrected chi connectivity index (χ0v) is 9.37. The Labute approximate surface area is 89.3 Å². The quantitative estimate of drug-likeness (QED) is 0.691. The maximum absolute atomic E-state index is 11.0. The number of aliphatic hydroxyl groups excluding tert-OH is 1. The van der Waals surface area contributed by atoms with E-state index in [4.69, 9.17) is 0 Å². The molecule has 0 aliphatic rings. The maximum atomic E-state index is 11.0. The zero-order chi connectivity index (χ0) is 11.5. The van der Waals surface area contributed by atoms with Crippen molar-refractivity contribution in [3.05, 3.63) is 34.2 Å². The number of H-pyrrole nitrogens is 1. The highest BCUT2D eigenvalue weighted by Gasteiger charge is 2.13. The van der Waals surface area contributed by atoms with Gasteiger partial charge in [0.1, 0.15) is 6.10 Å². The van der Waals surface area contributed by atoms with Gasteiger partial charge >= 0.3 is 0 Å². The van der Waals surface area contributed by atoms with Crippen LogP contribution < -0.4 is 10.9 Å². The van der Waals surface area contributed by atoms with Gasteiger partial charge in [0.2, 0.25) is 5.56 Å². The predicted octanol–water partition coefficient (Wildman–Crippen LogP) is 0.796. The number of hydrogen-bond acceptors (Lipinski definition) is 3. The largest absolute Gasteiger partial charge is 0.386 e. The molecule has 0 saturated carbocycles. The number of aliphatic hydroxyl groups is 1. The van der Waals surface area contributed by atoms with E-state index in [1.807, 2.05) is 20.8 Å². The third-order valence-electron chi connectivity index (χ3n) is 1.98. The van der Waals surface area contributed by atoms with Gasteiger partial charge < -0.3 is 15.4 Å². The Morgan fingerprint density at radius 2 is 2.13 bits per heavy atom. The predicted molar refractivity (Wildman–Crippen MR) is 59.8 cm³/mol. The molecule has 1 aromatic heterocycles. The SMILES string of the molecule is CC(C)(C)NC[C@@H](O)c1cccc(=O)[nH]1. The standard InChI is InChI=1S/C11H18N2O2/c1-11(2,3)12-7-9(14)8-5-4-6-10(15)13-8/h4-6,9,12,14H,7H2,1-3H3,(H,13,15)/t9-/m1/s1. The van der Waals surface area contributed by atoms with Crippen LogP contribution in [0, 0.1) is 0 Å². The topological polar surface area (TPSA) is 65.1 Å². The molecule has 3 N–H and O–H groups in total. The van der Waals surface area contributed by atoms with Gasteiger partial charge in [-0.05, 0) is 26.8 Å². The minimum Gasteiger partial charge on any atom is -0.386 e. The van der Waals surface area contributed by atoms with Crippen molar-refractivity contribution >= 4 is 0 Å². The van der Waals surface area contributed by atoms with Crippen LogP contribution in [-0.4, -0.2) is 22.2 Å². The fourth-order valence-corrected chi connectivity index (χ4v) is 1.17. The molecule has 0 aliphatic carbocycles. The molecule has 1 rings (SSSR count). The first-order valence-corrected chi connectivity index (χ1v) is 5.01. The maximum Gasteiger partial charge on any atom is 0.248 e. The molecular weight excluding hydrogens is 192 g/mol. The monoisotopic (exact) mass is 210 g/mol.